The third-order valence-corrected chi connectivity index (χ3v) is 8.86. The first-order valence-corrected chi connectivity index (χ1v) is 12.3. The highest BCUT2D eigenvalue weighted by Crippen LogP contribution is 2.38. The van der Waals surface area contributed by atoms with Crippen molar-refractivity contribution in [2.45, 2.75) is 36.8 Å². The molecule has 3 aliphatic rings. The summed E-state index contributed by atoms with van der Waals surface area (Å²) in [5, 5.41) is -0.281. The monoisotopic (exact) mass is 493 g/mol. The average Bonchev–Trinajstić information content (AvgIpc) is 2.98. The smallest absolute Gasteiger partial charge is 0.283 e. The summed E-state index contributed by atoms with van der Waals surface area (Å²) in [4.78, 5) is 27.8. The van der Waals surface area contributed by atoms with Gasteiger partial charge >= 0.3 is 6.18 Å². The summed E-state index contributed by atoms with van der Waals surface area (Å²) in [6.45, 7) is 0.600. The Kier molecular flexibility index (Phi) is 6.30. The van der Waals surface area contributed by atoms with Crippen LogP contribution in [0.1, 0.15) is 31.2 Å². The number of sulfonamides is 1. The molecule has 1 aromatic carbocycles. The molecule has 1 aliphatic carbocycles. The molecule has 4 rings (SSSR count). The second-order valence-corrected chi connectivity index (χ2v) is 10.7. The van der Waals surface area contributed by atoms with Crippen LogP contribution in [0.2, 0.25) is 5.02 Å². The van der Waals surface area contributed by atoms with E-state index in [-0.39, 0.29) is 61.5 Å². The number of hydrogen-bond acceptors (Lipinski definition) is 5. The van der Waals surface area contributed by atoms with Crippen molar-refractivity contribution in [1.29, 1.82) is 0 Å². The van der Waals surface area contributed by atoms with Gasteiger partial charge in [0.05, 0.1) is 29.1 Å². The fourth-order valence-electron chi connectivity index (χ4n) is 4.70. The lowest BCUT2D eigenvalue weighted by molar-refractivity contribution is -0.143. The number of alkyl halides is 3. The summed E-state index contributed by atoms with van der Waals surface area (Å²) >= 11 is 5.92. The molecule has 0 radical (unpaired) electrons. The average molecular weight is 494 g/mol. The zero-order valence-corrected chi connectivity index (χ0v) is 18.7. The molecule has 2 aliphatic heterocycles. The maximum Gasteiger partial charge on any atom is 0.416 e. The largest absolute Gasteiger partial charge is 0.416 e. The van der Waals surface area contributed by atoms with Crippen molar-refractivity contribution in [2.75, 3.05) is 32.8 Å². The van der Waals surface area contributed by atoms with Gasteiger partial charge in [-0.25, -0.2) is 8.42 Å². The van der Waals surface area contributed by atoms with Crippen LogP contribution in [0.4, 0.5) is 13.2 Å². The van der Waals surface area contributed by atoms with Crippen molar-refractivity contribution < 1.29 is 31.2 Å². The molecule has 32 heavy (non-hydrogen) atoms. The predicted octanol–water partition coefficient (Wildman–Crippen LogP) is 2.80. The molecule has 1 saturated carbocycles. The zero-order valence-electron chi connectivity index (χ0n) is 17.1. The zero-order chi connectivity index (χ0) is 23.3. The number of fused-ring (bicyclic) bond motifs is 1. The fourth-order valence-corrected chi connectivity index (χ4v) is 6.62. The molecule has 0 spiro atoms. The van der Waals surface area contributed by atoms with Gasteiger partial charge < -0.3 is 0 Å². The molecule has 2 atom stereocenters. The number of likely N-dealkylation sites (tertiary alicyclic amines) is 1. The van der Waals surface area contributed by atoms with E-state index in [2.05, 4.69) is 0 Å². The Labute approximate surface area is 189 Å². The number of rotatable bonds is 4. The van der Waals surface area contributed by atoms with Crippen LogP contribution >= 0.6 is 11.6 Å². The van der Waals surface area contributed by atoms with Crippen LogP contribution in [-0.2, 0) is 25.8 Å². The number of hydrogen-bond donors (Lipinski definition) is 0. The summed E-state index contributed by atoms with van der Waals surface area (Å²) in [5.41, 5.74) is -1.09. The van der Waals surface area contributed by atoms with Gasteiger partial charge in [-0.1, -0.05) is 24.4 Å². The maximum absolute atomic E-state index is 13.0. The molecule has 7 nitrogen and oxygen atoms in total. The number of benzene rings is 1. The van der Waals surface area contributed by atoms with Crippen LogP contribution in [0.15, 0.2) is 23.1 Å². The third-order valence-electron chi connectivity index (χ3n) is 6.48. The van der Waals surface area contributed by atoms with E-state index in [0.717, 1.165) is 42.1 Å². The van der Waals surface area contributed by atoms with E-state index in [1.165, 1.54) is 4.90 Å². The summed E-state index contributed by atoms with van der Waals surface area (Å²) < 4.78 is 66.1. The summed E-state index contributed by atoms with van der Waals surface area (Å²) in [6.07, 6.45) is -1.39. The van der Waals surface area contributed by atoms with E-state index in [1.807, 2.05) is 4.90 Å². The Morgan fingerprint density at radius 1 is 0.969 bits per heavy atom. The quantitative estimate of drug-likeness (QED) is 0.603. The first-order valence-electron chi connectivity index (χ1n) is 10.4. The molecule has 12 heteroatoms. The minimum Gasteiger partial charge on any atom is -0.283 e. The minimum absolute atomic E-state index is 0.0119. The first-order chi connectivity index (χ1) is 15.0. The number of imide groups is 1. The Morgan fingerprint density at radius 2 is 1.53 bits per heavy atom. The third kappa shape index (κ3) is 4.27. The molecule has 0 bridgehead atoms. The number of nitrogens with zero attached hydrogens (tertiary/aromatic N) is 3. The van der Waals surface area contributed by atoms with E-state index >= 15 is 0 Å². The van der Waals surface area contributed by atoms with Crippen molar-refractivity contribution in [3.8, 4) is 0 Å². The van der Waals surface area contributed by atoms with Crippen LogP contribution in [0.5, 0.6) is 0 Å². The van der Waals surface area contributed by atoms with E-state index in [0.29, 0.717) is 6.07 Å². The molecule has 2 saturated heterocycles. The lowest BCUT2D eigenvalue weighted by Gasteiger charge is -2.35. The number of amides is 2. The van der Waals surface area contributed by atoms with Crippen molar-refractivity contribution in [2.24, 2.45) is 11.8 Å². The number of halogens is 4. The molecule has 176 valence electrons. The second-order valence-electron chi connectivity index (χ2n) is 8.41. The highest BCUT2D eigenvalue weighted by molar-refractivity contribution is 7.89. The summed E-state index contributed by atoms with van der Waals surface area (Å²) in [6, 6.07) is 2.21. The molecular weight excluding hydrogens is 471 g/mol. The molecule has 3 fully saturated rings. The van der Waals surface area contributed by atoms with E-state index in [4.69, 9.17) is 11.6 Å². The molecule has 2 amide bonds. The minimum atomic E-state index is -4.69. The van der Waals surface area contributed by atoms with Crippen molar-refractivity contribution in [3.63, 3.8) is 0 Å². The first kappa shape index (κ1) is 23.5. The molecular formula is C20H23ClF3N3O4S. The number of carbonyl (C=O) groups is 2. The Bertz CT molecular complexity index is 1000. The van der Waals surface area contributed by atoms with Gasteiger partial charge in [0.25, 0.3) is 0 Å². The van der Waals surface area contributed by atoms with Gasteiger partial charge in [-0.05, 0) is 31.0 Å². The van der Waals surface area contributed by atoms with Crippen LogP contribution < -0.4 is 0 Å². The molecule has 2 heterocycles. The second kappa shape index (κ2) is 8.58. The van der Waals surface area contributed by atoms with Gasteiger partial charge in [-0.15, -0.1) is 0 Å². The highest BCUT2D eigenvalue weighted by atomic mass is 35.5. The Balaban J connectivity index is 1.43. The number of carbonyl (C=O) groups excluding carboxylic acids is 2. The SMILES string of the molecule is O=C1[C@@H]2CCCC[C@H]2C(=O)N1CN1CCN(S(=O)(=O)c2cc(C(F)(F)F)ccc2Cl)CC1. The van der Waals surface area contributed by atoms with Crippen LogP contribution in [0, 0.1) is 11.8 Å². The van der Waals surface area contributed by atoms with Crippen molar-refractivity contribution >= 4 is 33.4 Å². The summed E-state index contributed by atoms with van der Waals surface area (Å²) in [5.74, 6) is -0.821. The predicted molar refractivity (Wildman–Crippen MR) is 109 cm³/mol. The maximum atomic E-state index is 13.0. The normalized spacial score (nSPS) is 25.9. The van der Waals surface area contributed by atoms with E-state index in [9.17, 15) is 31.2 Å². The van der Waals surface area contributed by atoms with Crippen LogP contribution in [0.25, 0.3) is 0 Å². The van der Waals surface area contributed by atoms with Crippen molar-refractivity contribution in [3.05, 3.63) is 28.8 Å². The fraction of sp³-hybridized carbons (Fsp3) is 0.600. The van der Waals surface area contributed by atoms with Gasteiger partial charge in [-0.3, -0.25) is 19.4 Å². The van der Waals surface area contributed by atoms with E-state index in [1.54, 1.807) is 0 Å². The highest BCUT2D eigenvalue weighted by Gasteiger charge is 2.48. The van der Waals surface area contributed by atoms with Gasteiger partial charge in [0, 0.05) is 26.2 Å². The van der Waals surface area contributed by atoms with Gasteiger partial charge in [0.2, 0.25) is 21.8 Å². The molecule has 0 N–H and O–H groups in total. The molecule has 1 aromatic rings. The Morgan fingerprint density at radius 3 is 2.06 bits per heavy atom. The van der Waals surface area contributed by atoms with Gasteiger partial charge in [0.15, 0.2) is 0 Å². The lowest BCUT2D eigenvalue weighted by Crippen LogP contribution is -2.52. The summed E-state index contributed by atoms with van der Waals surface area (Å²) in [7, 11) is -4.24. The van der Waals surface area contributed by atoms with Gasteiger partial charge in [-0.2, -0.15) is 17.5 Å². The standard InChI is InChI=1S/C20H23ClF3N3O4S/c21-16-6-5-13(20(22,23)24)11-17(16)32(30,31)26-9-7-25(8-10-26)12-27-18(28)14-3-1-2-4-15(14)19(27)29/h5-6,11,14-15H,1-4,7-10,12H2/t14-,15-/m1/s1. The van der Waals surface area contributed by atoms with Crippen LogP contribution in [0.3, 0.4) is 0 Å². The number of piperazine rings is 1. The lowest BCUT2D eigenvalue weighted by atomic mass is 9.81. The van der Waals surface area contributed by atoms with E-state index < -0.39 is 26.7 Å². The van der Waals surface area contributed by atoms with Crippen molar-refractivity contribution in [1.82, 2.24) is 14.1 Å². The van der Waals surface area contributed by atoms with Crippen LogP contribution in [-0.4, -0.2) is 67.2 Å². The molecule has 0 aromatic heterocycles. The molecule has 0 unspecified atom stereocenters. The van der Waals surface area contributed by atoms with Gasteiger partial charge in [0.1, 0.15) is 4.90 Å². The topological polar surface area (TPSA) is 78.0 Å². The Hall–Kier alpha value is -1.69.